The molecule has 0 saturated carbocycles. The van der Waals surface area contributed by atoms with Crippen LogP contribution in [0.1, 0.15) is 18.1 Å². The number of hydrogen-bond acceptors (Lipinski definition) is 1. The van der Waals surface area contributed by atoms with Crippen LogP contribution in [-0.2, 0) is 4.43 Å². The smallest absolute Gasteiger partial charge is 0.184 e. The van der Waals surface area contributed by atoms with Gasteiger partial charge in [0.2, 0.25) is 0 Å². The molecule has 0 saturated heterocycles. The molecule has 4 aromatic carbocycles. The molecule has 3 heteroatoms. The van der Waals surface area contributed by atoms with Crippen molar-refractivity contribution in [2.45, 2.75) is 32.2 Å². The normalized spacial score (nSPS) is 12.9. The van der Waals surface area contributed by atoms with E-state index in [1.54, 1.807) is 0 Å². The molecule has 168 valence electrons. The minimum absolute atomic E-state index is 0.105. The zero-order valence-electron chi connectivity index (χ0n) is 19.9. The van der Waals surface area contributed by atoms with E-state index in [2.05, 4.69) is 141 Å². The van der Waals surface area contributed by atoms with Gasteiger partial charge in [-0.25, -0.2) is 0 Å². The molecular weight excluding hydrogens is 435 g/mol. The Morgan fingerprint density at radius 1 is 0.576 bits per heavy atom. The summed E-state index contributed by atoms with van der Waals surface area (Å²) >= 11 is 0. The van der Waals surface area contributed by atoms with Crippen molar-refractivity contribution >= 4 is 31.5 Å². The van der Waals surface area contributed by atoms with E-state index >= 15 is 0 Å². The van der Waals surface area contributed by atoms with Gasteiger partial charge in [-0.15, -0.1) is 0 Å². The SMILES string of the molecule is C[Si](C)(C)O[C@@H](CC[P+](c1ccccc1)(c1ccccc1)c1ccccc1)c1ccccc1. The first-order valence-electron chi connectivity index (χ1n) is 11.8. The minimum Gasteiger partial charge on any atom is -0.411 e. The summed E-state index contributed by atoms with van der Waals surface area (Å²) in [7, 11) is -3.58. The zero-order chi connectivity index (χ0) is 23.2. The summed E-state index contributed by atoms with van der Waals surface area (Å²) in [5.74, 6) is 0. The summed E-state index contributed by atoms with van der Waals surface area (Å²) in [6.45, 7) is 6.87. The first-order chi connectivity index (χ1) is 16.0. The fourth-order valence-electron chi connectivity index (χ4n) is 4.58. The molecule has 33 heavy (non-hydrogen) atoms. The molecule has 0 spiro atoms. The molecular formula is C30H34OPSi+. The van der Waals surface area contributed by atoms with E-state index in [0.717, 1.165) is 12.6 Å². The van der Waals surface area contributed by atoms with Crippen LogP contribution in [0.15, 0.2) is 121 Å². The second-order valence-electron chi connectivity index (χ2n) is 9.46. The number of hydrogen-bond donors (Lipinski definition) is 0. The van der Waals surface area contributed by atoms with Gasteiger partial charge in [0.25, 0.3) is 0 Å². The summed E-state index contributed by atoms with van der Waals surface area (Å²) < 4.78 is 6.78. The van der Waals surface area contributed by atoms with Gasteiger partial charge >= 0.3 is 0 Å². The summed E-state index contributed by atoms with van der Waals surface area (Å²) in [6.07, 6.45) is 2.16. The van der Waals surface area contributed by atoms with Gasteiger partial charge in [0.1, 0.15) is 23.2 Å². The highest BCUT2D eigenvalue weighted by molar-refractivity contribution is 7.95. The van der Waals surface area contributed by atoms with E-state index in [4.69, 9.17) is 4.43 Å². The lowest BCUT2D eigenvalue weighted by Crippen LogP contribution is -2.35. The van der Waals surface area contributed by atoms with E-state index in [-0.39, 0.29) is 6.10 Å². The summed E-state index contributed by atoms with van der Waals surface area (Å²) in [4.78, 5) is 0. The minimum atomic E-state index is -1.86. The summed E-state index contributed by atoms with van der Waals surface area (Å²) in [5.41, 5.74) is 1.28. The Morgan fingerprint density at radius 3 is 1.30 bits per heavy atom. The van der Waals surface area contributed by atoms with Gasteiger partial charge < -0.3 is 4.43 Å². The van der Waals surface area contributed by atoms with Crippen LogP contribution >= 0.6 is 7.26 Å². The molecule has 0 unspecified atom stereocenters. The highest BCUT2D eigenvalue weighted by atomic mass is 31.2. The van der Waals surface area contributed by atoms with Crippen LogP contribution < -0.4 is 15.9 Å². The Kier molecular flexibility index (Phi) is 7.60. The van der Waals surface area contributed by atoms with E-state index in [1.165, 1.54) is 21.5 Å². The van der Waals surface area contributed by atoms with Gasteiger partial charge in [-0.3, -0.25) is 0 Å². The second-order valence-corrected chi connectivity index (χ2v) is 17.5. The van der Waals surface area contributed by atoms with Crippen molar-refractivity contribution in [2.24, 2.45) is 0 Å². The summed E-state index contributed by atoms with van der Waals surface area (Å²) in [5, 5.41) is 4.30. The van der Waals surface area contributed by atoms with Crippen LogP contribution in [0.4, 0.5) is 0 Å². The summed E-state index contributed by atoms with van der Waals surface area (Å²) in [6, 6.07) is 44.2. The standard InChI is InChI=1S/C30H34OPSi/c1-33(2,3)31-30(26-16-8-4-9-17-26)24-25-32(27-18-10-5-11-19-27,28-20-12-6-13-21-28)29-22-14-7-15-23-29/h4-23,30H,24-25H2,1-3H3/q+1/t30-/m0/s1. The molecule has 4 aromatic rings. The lowest BCUT2D eigenvalue weighted by Gasteiger charge is -2.31. The van der Waals surface area contributed by atoms with Crippen LogP contribution in [0.2, 0.25) is 19.6 Å². The van der Waals surface area contributed by atoms with Crippen LogP contribution in [0, 0.1) is 0 Å². The van der Waals surface area contributed by atoms with Gasteiger partial charge in [-0.05, 0) is 61.6 Å². The fourth-order valence-corrected chi connectivity index (χ4v) is 10.0. The third kappa shape index (κ3) is 5.71. The van der Waals surface area contributed by atoms with Crippen LogP contribution in [0.5, 0.6) is 0 Å². The van der Waals surface area contributed by atoms with Crippen LogP contribution in [0.25, 0.3) is 0 Å². The molecule has 0 aliphatic heterocycles. The monoisotopic (exact) mass is 469 g/mol. The number of benzene rings is 4. The topological polar surface area (TPSA) is 9.23 Å². The molecule has 0 radical (unpaired) electrons. The van der Waals surface area contributed by atoms with Crippen molar-refractivity contribution in [1.29, 1.82) is 0 Å². The Hall–Kier alpha value is -2.51. The average Bonchev–Trinajstić information content (AvgIpc) is 2.85. The van der Waals surface area contributed by atoms with Crippen molar-refractivity contribution in [3.63, 3.8) is 0 Å². The van der Waals surface area contributed by atoms with Gasteiger partial charge in [0.05, 0.1) is 12.3 Å². The van der Waals surface area contributed by atoms with Crippen molar-refractivity contribution < 1.29 is 4.43 Å². The Bertz CT molecular complexity index is 1010. The van der Waals surface area contributed by atoms with Gasteiger partial charge in [-0.1, -0.05) is 84.9 Å². The maximum Gasteiger partial charge on any atom is 0.184 e. The van der Waals surface area contributed by atoms with E-state index in [9.17, 15) is 0 Å². The lowest BCUT2D eigenvalue weighted by molar-refractivity contribution is 0.194. The highest BCUT2D eigenvalue weighted by Crippen LogP contribution is 2.56. The number of rotatable bonds is 9. The highest BCUT2D eigenvalue weighted by Gasteiger charge is 2.45. The lowest BCUT2D eigenvalue weighted by atomic mass is 10.1. The van der Waals surface area contributed by atoms with Crippen molar-refractivity contribution in [3.05, 3.63) is 127 Å². The van der Waals surface area contributed by atoms with Crippen molar-refractivity contribution in [1.82, 2.24) is 0 Å². The molecule has 0 aromatic heterocycles. The molecule has 0 fully saturated rings. The molecule has 1 nitrogen and oxygen atoms in total. The Labute approximate surface area is 200 Å². The average molecular weight is 470 g/mol. The van der Waals surface area contributed by atoms with Gasteiger partial charge in [0, 0.05) is 6.42 Å². The first kappa shape index (κ1) is 23.6. The molecule has 0 aliphatic carbocycles. The molecule has 4 rings (SSSR count). The zero-order valence-corrected chi connectivity index (χ0v) is 21.8. The molecule has 1 atom stereocenters. The van der Waals surface area contributed by atoms with Crippen molar-refractivity contribution in [2.75, 3.05) is 6.16 Å². The van der Waals surface area contributed by atoms with Gasteiger partial charge in [0.15, 0.2) is 8.32 Å². The fraction of sp³-hybridized carbons (Fsp3) is 0.200. The molecule has 0 amide bonds. The largest absolute Gasteiger partial charge is 0.411 e. The quantitative estimate of drug-likeness (QED) is 0.190. The third-order valence-electron chi connectivity index (χ3n) is 5.98. The van der Waals surface area contributed by atoms with Crippen LogP contribution in [0.3, 0.4) is 0 Å². The van der Waals surface area contributed by atoms with E-state index < -0.39 is 15.6 Å². The van der Waals surface area contributed by atoms with E-state index in [0.29, 0.717) is 0 Å². The second kappa shape index (κ2) is 10.6. The van der Waals surface area contributed by atoms with Crippen LogP contribution in [-0.4, -0.2) is 14.5 Å². The molecule has 0 N–H and O–H groups in total. The molecule has 0 aliphatic rings. The first-order valence-corrected chi connectivity index (χ1v) is 17.1. The van der Waals surface area contributed by atoms with E-state index in [1.807, 2.05) is 0 Å². The molecule has 0 bridgehead atoms. The maximum absolute atomic E-state index is 6.78. The Balaban J connectivity index is 1.83. The third-order valence-corrected chi connectivity index (χ3v) is 11.4. The predicted molar refractivity (Wildman–Crippen MR) is 148 cm³/mol. The van der Waals surface area contributed by atoms with Gasteiger partial charge in [-0.2, -0.15) is 0 Å². The maximum atomic E-state index is 6.78. The Morgan fingerprint density at radius 2 is 0.939 bits per heavy atom. The molecule has 0 heterocycles. The predicted octanol–water partition coefficient (Wildman–Crippen LogP) is 6.96. The van der Waals surface area contributed by atoms with Crippen molar-refractivity contribution in [3.8, 4) is 0 Å².